The van der Waals surface area contributed by atoms with Gasteiger partial charge in [-0.25, -0.2) is 0 Å². The summed E-state index contributed by atoms with van der Waals surface area (Å²) in [5.74, 6) is -0.488. The number of anilines is 2. The van der Waals surface area contributed by atoms with Crippen LogP contribution in [0, 0.1) is 21.4 Å². The molecule has 3 N–H and O–H groups in total. The first-order valence-corrected chi connectivity index (χ1v) is 5.87. The van der Waals surface area contributed by atoms with Crippen molar-refractivity contribution < 1.29 is 9.72 Å². The van der Waals surface area contributed by atoms with Gasteiger partial charge >= 0.3 is 0 Å². The minimum atomic E-state index is -0.609. The second kappa shape index (κ2) is 5.71. The van der Waals surface area contributed by atoms with E-state index in [-0.39, 0.29) is 22.5 Å². The summed E-state index contributed by atoms with van der Waals surface area (Å²) >= 11 is 0. The maximum Gasteiger partial charge on any atom is 0.270 e. The number of nitrogen functional groups attached to an aromatic ring is 1. The van der Waals surface area contributed by atoms with Gasteiger partial charge in [0.15, 0.2) is 0 Å². The summed E-state index contributed by atoms with van der Waals surface area (Å²) in [4.78, 5) is 22.1. The standard InChI is InChI=1S/C14H10N4O3/c15-8-9-7-10(18(20)21)5-6-13(9)17-14(19)11-3-1-2-4-12(11)16/h1-7H,16H2,(H,17,19). The number of nitrogens with one attached hydrogen (secondary N) is 1. The fraction of sp³-hybridized carbons (Fsp3) is 0. The number of para-hydroxylation sites is 1. The molecule has 0 spiro atoms. The first-order chi connectivity index (χ1) is 10.0. The molecule has 1 amide bonds. The predicted octanol–water partition coefficient (Wildman–Crippen LogP) is 2.30. The highest BCUT2D eigenvalue weighted by molar-refractivity contribution is 6.08. The van der Waals surface area contributed by atoms with E-state index in [1.54, 1.807) is 24.3 Å². The number of nitrogens with two attached hydrogens (primary N) is 1. The SMILES string of the molecule is N#Cc1cc([N+](=O)[O-])ccc1NC(=O)c1ccccc1N. The molecule has 2 rings (SSSR count). The lowest BCUT2D eigenvalue weighted by atomic mass is 10.1. The molecule has 7 nitrogen and oxygen atoms in total. The van der Waals surface area contributed by atoms with E-state index >= 15 is 0 Å². The van der Waals surface area contributed by atoms with E-state index in [0.29, 0.717) is 5.69 Å². The topological polar surface area (TPSA) is 122 Å². The zero-order chi connectivity index (χ0) is 15.4. The Morgan fingerprint density at radius 2 is 2.00 bits per heavy atom. The van der Waals surface area contributed by atoms with Crippen molar-refractivity contribution in [1.82, 2.24) is 0 Å². The number of benzene rings is 2. The van der Waals surface area contributed by atoms with Crippen LogP contribution in [0.4, 0.5) is 17.1 Å². The van der Waals surface area contributed by atoms with Crippen LogP contribution in [0.3, 0.4) is 0 Å². The summed E-state index contributed by atoms with van der Waals surface area (Å²) < 4.78 is 0. The minimum absolute atomic E-state index is 0.00653. The van der Waals surface area contributed by atoms with Crippen LogP contribution >= 0.6 is 0 Å². The van der Waals surface area contributed by atoms with Gasteiger partial charge in [0.25, 0.3) is 11.6 Å². The molecule has 0 aromatic heterocycles. The summed E-state index contributed by atoms with van der Waals surface area (Å²) in [7, 11) is 0. The fourth-order valence-electron chi connectivity index (χ4n) is 1.74. The van der Waals surface area contributed by atoms with Crippen LogP contribution in [-0.4, -0.2) is 10.8 Å². The van der Waals surface area contributed by atoms with Gasteiger partial charge in [-0.05, 0) is 18.2 Å². The van der Waals surface area contributed by atoms with E-state index in [9.17, 15) is 14.9 Å². The van der Waals surface area contributed by atoms with Gasteiger partial charge in [0.1, 0.15) is 6.07 Å². The highest BCUT2D eigenvalue weighted by atomic mass is 16.6. The van der Waals surface area contributed by atoms with Crippen LogP contribution in [0.2, 0.25) is 0 Å². The van der Waals surface area contributed by atoms with Crippen molar-refractivity contribution in [2.24, 2.45) is 0 Å². The van der Waals surface area contributed by atoms with Gasteiger partial charge in [0.05, 0.1) is 21.7 Å². The molecule has 0 unspecified atom stereocenters. The smallest absolute Gasteiger partial charge is 0.270 e. The van der Waals surface area contributed by atoms with Crippen molar-refractivity contribution in [2.75, 3.05) is 11.1 Å². The number of hydrogen-bond acceptors (Lipinski definition) is 5. The van der Waals surface area contributed by atoms with Crippen LogP contribution < -0.4 is 11.1 Å². The summed E-state index contributed by atoms with van der Waals surface area (Å²) in [5.41, 5.74) is 6.24. The van der Waals surface area contributed by atoms with Crippen molar-refractivity contribution in [3.63, 3.8) is 0 Å². The summed E-state index contributed by atoms with van der Waals surface area (Å²) in [5, 5.41) is 22.2. The molecule has 0 saturated heterocycles. The number of nitriles is 1. The largest absolute Gasteiger partial charge is 0.398 e. The van der Waals surface area contributed by atoms with Crippen molar-refractivity contribution in [2.45, 2.75) is 0 Å². The van der Waals surface area contributed by atoms with E-state index in [1.165, 1.54) is 12.1 Å². The highest BCUT2D eigenvalue weighted by Gasteiger charge is 2.14. The van der Waals surface area contributed by atoms with Crippen LogP contribution in [0.25, 0.3) is 0 Å². The maximum atomic E-state index is 12.1. The quantitative estimate of drug-likeness (QED) is 0.508. The molecule has 0 radical (unpaired) electrons. The van der Waals surface area contributed by atoms with Crippen LogP contribution in [0.5, 0.6) is 0 Å². The molecule has 21 heavy (non-hydrogen) atoms. The number of hydrogen-bond donors (Lipinski definition) is 2. The average Bonchev–Trinajstić information content (AvgIpc) is 2.47. The third kappa shape index (κ3) is 2.96. The lowest BCUT2D eigenvalue weighted by Gasteiger charge is -2.08. The van der Waals surface area contributed by atoms with Gasteiger partial charge in [-0.15, -0.1) is 0 Å². The van der Waals surface area contributed by atoms with Gasteiger partial charge in [0, 0.05) is 17.8 Å². The number of carbonyl (C=O) groups excluding carboxylic acids is 1. The molecule has 2 aromatic rings. The molecule has 0 aliphatic heterocycles. The predicted molar refractivity (Wildman–Crippen MR) is 76.6 cm³/mol. The van der Waals surface area contributed by atoms with Crippen LogP contribution in [0.1, 0.15) is 15.9 Å². The number of rotatable bonds is 3. The highest BCUT2D eigenvalue weighted by Crippen LogP contribution is 2.22. The van der Waals surface area contributed by atoms with Gasteiger partial charge in [0.2, 0.25) is 0 Å². The van der Waals surface area contributed by atoms with E-state index in [1.807, 2.05) is 6.07 Å². The molecule has 0 aliphatic rings. The first kappa shape index (κ1) is 14.0. The Morgan fingerprint density at radius 1 is 1.29 bits per heavy atom. The van der Waals surface area contributed by atoms with Gasteiger partial charge in [-0.1, -0.05) is 12.1 Å². The molecule has 0 atom stereocenters. The van der Waals surface area contributed by atoms with E-state index < -0.39 is 10.8 Å². The maximum absolute atomic E-state index is 12.1. The normalized spacial score (nSPS) is 9.67. The number of nitrogens with zero attached hydrogens (tertiary/aromatic N) is 2. The second-order valence-electron chi connectivity index (χ2n) is 4.14. The molecule has 0 aliphatic carbocycles. The Hall–Kier alpha value is -3.40. The molecule has 0 heterocycles. The van der Waals surface area contributed by atoms with Gasteiger partial charge in [-0.3, -0.25) is 14.9 Å². The Balaban J connectivity index is 2.32. The number of nitro groups is 1. The van der Waals surface area contributed by atoms with E-state index in [0.717, 1.165) is 6.07 Å². The Bertz CT molecular complexity index is 765. The zero-order valence-electron chi connectivity index (χ0n) is 10.7. The fourth-order valence-corrected chi connectivity index (χ4v) is 1.74. The number of carbonyl (C=O) groups is 1. The summed E-state index contributed by atoms with van der Waals surface area (Å²) in [6.45, 7) is 0. The molecule has 0 saturated carbocycles. The second-order valence-corrected chi connectivity index (χ2v) is 4.14. The van der Waals surface area contributed by atoms with Crippen LogP contribution in [-0.2, 0) is 0 Å². The zero-order valence-corrected chi connectivity index (χ0v) is 10.7. The third-order valence-corrected chi connectivity index (χ3v) is 2.79. The lowest BCUT2D eigenvalue weighted by molar-refractivity contribution is -0.384. The summed E-state index contributed by atoms with van der Waals surface area (Å²) in [6.07, 6.45) is 0. The number of non-ortho nitro benzene ring substituents is 1. The van der Waals surface area contributed by atoms with E-state index in [2.05, 4.69) is 5.32 Å². The lowest BCUT2D eigenvalue weighted by Crippen LogP contribution is -2.14. The van der Waals surface area contributed by atoms with Gasteiger partial charge < -0.3 is 11.1 Å². The molecular formula is C14H10N4O3. The van der Waals surface area contributed by atoms with Crippen molar-refractivity contribution in [3.05, 3.63) is 63.7 Å². The molecule has 104 valence electrons. The number of nitro benzene ring substituents is 1. The van der Waals surface area contributed by atoms with E-state index in [4.69, 9.17) is 11.0 Å². The Kier molecular flexibility index (Phi) is 3.81. The summed E-state index contributed by atoms with van der Waals surface area (Å²) in [6, 6.07) is 11.9. The van der Waals surface area contributed by atoms with Crippen LogP contribution in [0.15, 0.2) is 42.5 Å². The van der Waals surface area contributed by atoms with Crippen molar-refractivity contribution >= 4 is 23.0 Å². The number of amides is 1. The molecule has 7 heteroatoms. The molecular weight excluding hydrogens is 272 g/mol. The Morgan fingerprint density at radius 3 is 2.62 bits per heavy atom. The van der Waals surface area contributed by atoms with Crippen molar-refractivity contribution in [1.29, 1.82) is 5.26 Å². The molecule has 0 bridgehead atoms. The van der Waals surface area contributed by atoms with Gasteiger partial charge in [-0.2, -0.15) is 5.26 Å². The Labute approximate surface area is 119 Å². The average molecular weight is 282 g/mol. The minimum Gasteiger partial charge on any atom is -0.398 e. The third-order valence-electron chi connectivity index (χ3n) is 2.79. The molecule has 0 fully saturated rings. The first-order valence-electron chi connectivity index (χ1n) is 5.87. The monoisotopic (exact) mass is 282 g/mol. The molecule has 2 aromatic carbocycles. The van der Waals surface area contributed by atoms with Crippen molar-refractivity contribution in [3.8, 4) is 6.07 Å².